The maximum absolute atomic E-state index is 13.5. The first kappa shape index (κ1) is 39.9. The molecule has 2 heterocycles. The summed E-state index contributed by atoms with van der Waals surface area (Å²) in [5.74, 6) is -0.173. The highest BCUT2D eigenvalue weighted by Crippen LogP contribution is 2.72. The number of ether oxygens (including phenoxy) is 2. The molecule has 0 radical (unpaired) electrons. The zero-order valence-electron chi connectivity index (χ0n) is 33.7. The normalized spacial score (nSPS) is 36.3. The average molecular weight is 789 g/mol. The number of esters is 2. The van der Waals surface area contributed by atoms with E-state index in [1.807, 2.05) is 0 Å². The highest BCUT2D eigenvalue weighted by molar-refractivity contribution is 6.74. The quantitative estimate of drug-likeness (QED) is 0.192. The predicted octanol–water partition coefficient (Wildman–Crippen LogP) is 10.9. The van der Waals surface area contributed by atoms with Crippen LogP contribution in [-0.2, 0) is 28.8 Å². The molecule has 4 saturated carbocycles. The van der Waals surface area contributed by atoms with Crippen molar-refractivity contribution in [1.82, 2.24) is 0 Å². The number of cyclic esters (lactones) is 1. The van der Waals surface area contributed by atoms with E-state index in [0.717, 1.165) is 57.8 Å². The van der Waals surface area contributed by atoms with Crippen molar-refractivity contribution in [3.05, 3.63) is 46.7 Å². The Morgan fingerprint density at radius 2 is 1.56 bits per heavy atom. The van der Waals surface area contributed by atoms with Crippen molar-refractivity contribution in [3.63, 3.8) is 0 Å². The van der Waals surface area contributed by atoms with Crippen LogP contribution in [0.5, 0.6) is 0 Å². The van der Waals surface area contributed by atoms with Crippen molar-refractivity contribution >= 4 is 28.6 Å². The topological polar surface area (TPSA) is 95.8 Å². The fourth-order valence-corrected chi connectivity index (χ4v) is 14.4. The summed E-state index contributed by atoms with van der Waals surface area (Å²) in [6, 6.07) is 4.86. The Balaban J connectivity index is 1.15. The van der Waals surface area contributed by atoms with Crippen LogP contribution in [0.3, 0.4) is 0 Å². The minimum absolute atomic E-state index is 0.0206. The van der Waals surface area contributed by atoms with Gasteiger partial charge in [0.1, 0.15) is 6.61 Å². The number of nitrogens with zero attached hydrogens (tertiary/aromatic N) is 2. The third-order valence-corrected chi connectivity index (χ3v) is 20.7. The van der Waals surface area contributed by atoms with Crippen LogP contribution in [0.1, 0.15) is 108 Å². The standard InChI is InChI=1S/C41H59F3N2O6Si2/c1-36(2,3)54(9,10)51-28-17-20-37(4)27(23-28)15-16-32-31(37)18-21-38(5)30(19-22-39(32,38)52-53(6,7)8)29-24-49-35(48)33(29)50-34(47)25-11-13-26(14-12-25)40(45-46-40)41(42,43)44/h11-14,27-28,30-32H,15-24H2,1-10H3/t27-,28+,30-,31+,32-,37+,38-,39+/m1/s1. The van der Waals surface area contributed by atoms with Gasteiger partial charge in [0.15, 0.2) is 16.6 Å². The van der Waals surface area contributed by atoms with E-state index in [-0.39, 0.29) is 50.9 Å². The molecule has 1 aromatic carbocycles. The predicted molar refractivity (Wildman–Crippen MR) is 203 cm³/mol. The number of fused-ring (bicyclic) bond motifs is 5. The molecule has 2 aliphatic heterocycles. The van der Waals surface area contributed by atoms with Crippen molar-refractivity contribution in [2.75, 3.05) is 6.61 Å². The largest absolute Gasteiger partial charge is 0.455 e. The van der Waals surface area contributed by atoms with Gasteiger partial charge in [-0.2, -0.15) is 13.2 Å². The Kier molecular flexibility index (Phi) is 9.47. The first-order valence-electron chi connectivity index (χ1n) is 20.0. The molecule has 4 fully saturated rings. The number of halogens is 3. The molecule has 298 valence electrons. The van der Waals surface area contributed by atoms with E-state index in [1.54, 1.807) is 0 Å². The molecule has 0 bridgehead atoms. The molecule has 0 aromatic heterocycles. The van der Waals surface area contributed by atoms with E-state index in [4.69, 9.17) is 18.3 Å². The van der Waals surface area contributed by atoms with Gasteiger partial charge in [-0.3, -0.25) is 0 Å². The second-order valence-corrected chi connectivity index (χ2v) is 29.4. The van der Waals surface area contributed by atoms with Crippen molar-refractivity contribution in [1.29, 1.82) is 0 Å². The number of carbonyl (C=O) groups is 2. The van der Waals surface area contributed by atoms with Gasteiger partial charge in [0.2, 0.25) is 5.76 Å². The monoisotopic (exact) mass is 788 g/mol. The molecule has 8 nitrogen and oxygen atoms in total. The fraction of sp³-hybridized carbons (Fsp3) is 0.756. The van der Waals surface area contributed by atoms with Crippen LogP contribution in [-0.4, -0.2) is 53.1 Å². The second-order valence-electron chi connectivity index (χ2n) is 20.2. The Bertz CT molecular complexity index is 1740. The van der Waals surface area contributed by atoms with Crippen LogP contribution in [0.15, 0.2) is 45.8 Å². The molecule has 0 spiro atoms. The van der Waals surface area contributed by atoms with Crippen LogP contribution in [0, 0.1) is 34.5 Å². The van der Waals surface area contributed by atoms with Crippen molar-refractivity contribution in [2.45, 2.75) is 154 Å². The van der Waals surface area contributed by atoms with Gasteiger partial charge in [-0.05, 0) is 137 Å². The van der Waals surface area contributed by atoms with Crippen LogP contribution in [0.4, 0.5) is 13.2 Å². The molecule has 13 heteroatoms. The van der Waals surface area contributed by atoms with Gasteiger partial charge < -0.3 is 18.3 Å². The average Bonchev–Trinajstić information content (AvgIpc) is 3.75. The zero-order valence-corrected chi connectivity index (χ0v) is 35.7. The van der Waals surface area contributed by atoms with Gasteiger partial charge in [0.25, 0.3) is 0 Å². The molecule has 0 N–H and O–H groups in total. The van der Waals surface area contributed by atoms with Gasteiger partial charge in [-0.1, -0.05) is 46.8 Å². The van der Waals surface area contributed by atoms with Crippen molar-refractivity contribution in [2.24, 2.45) is 44.7 Å². The van der Waals surface area contributed by atoms with E-state index in [1.165, 1.54) is 24.3 Å². The van der Waals surface area contributed by atoms with Crippen LogP contribution in [0.25, 0.3) is 0 Å². The lowest BCUT2D eigenvalue weighted by molar-refractivity contribution is -0.199. The molecule has 1 aromatic rings. The van der Waals surface area contributed by atoms with Crippen molar-refractivity contribution < 1.29 is 41.1 Å². The van der Waals surface area contributed by atoms with Crippen LogP contribution >= 0.6 is 0 Å². The number of hydrogen-bond acceptors (Lipinski definition) is 8. The molecule has 0 saturated heterocycles. The highest BCUT2D eigenvalue weighted by atomic mass is 28.4. The van der Waals surface area contributed by atoms with Crippen LogP contribution in [0.2, 0.25) is 37.8 Å². The summed E-state index contributed by atoms with van der Waals surface area (Å²) < 4.78 is 66.6. The van der Waals surface area contributed by atoms with Gasteiger partial charge in [-0.25, -0.2) is 9.59 Å². The molecule has 8 atom stereocenters. The van der Waals surface area contributed by atoms with E-state index in [9.17, 15) is 22.8 Å². The first-order chi connectivity index (χ1) is 24.9. The summed E-state index contributed by atoms with van der Waals surface area (Å²) in [7, 11) is -3.96. The Labute approximate surface area is 320 Å². The highest BCUT2D eigenvalue weighted by Gasteiger charge is 2.70. The molecule has 6 aliphatic rings. The van der Waals surface area contributed by atoms with E-state index < -0.39 is 40.4 Å². The van der Waals surface area contributed by atoms with Gasteiger partial charge in [0, 0.05) is 22.7 Å². The lowest BCUT2D eigenvalue weighted by Crippen LogP contribution is -2.65. The second kappa shape index (κ2) is 12.8. The Hall–Kier alpha value is -2.36. The first-order valence-corrected chi connectivity index (χ1v) is 26.3. The Morgan fingerprint density at radius 3 is 2.15 bits per heavy atom. The summed E-state index contributed by atoms with van der Waals surface area (Å²) >= 11 is 0. The number of rotatable bonds is 8. The molecule has 54 heavy (non-hydrogen) atoms. The van der Waals surface area contributed by atoms with Crippen LogP contribution < -0.4 is 0 Å². The SMILES string of the molecule is CC(C)(C)[Si](C)(C)O[C@H]1CC[C@@]2(C)[C@H](CC[C@@H]3[C@@H]2CC[C@]2(C)[C@@H](C4=C(OC(=O)c5ccc(C6(C(F)(F)F)N=N6)cc5)C(=O)OC4)CC[C@]32O[Si](C)(C)C)C1. The van der Waals surface area contributed by atoms with Gasteiger partial charge >= 0.3 is 23.8 Å². The lowest BCUT2D eigenvalue weighted by Gasteiger charge is -2.66. The third kappa shape index (κ3) is 6.29. The van der Waals surface area contributed by atoms with E-state index >= 15 is 0 Å². The molecule has 7 rings (SSSR count). The zero-order chi connectivity index (χ0) is 39.5. The molecule has 0 unspecified atom stereocenters. The summed E-state index contributed by atoms with van der Waals surface area (Å²) in [6.45, 7) is 23.5. The smallest absolute Gasteiger partial charge is 0.442 e. The maximum Gasteiger partial charge on any atom is 0.442 e. The number of hydrogen-bond donors (Lipinski definition) is 0. The lowest BCUT2D eigenvalue weighted by atomic mass is 9.43. The van der Waals surface area contributed by atoms with Crippen molar-refractivity contribution in [3.8, 4) is 0 Å². The van der Waals surface area contributed by atoms with E-state index in [2.05, 4.69) is 77.6 Å². The molecular formula is C41H59F3N2O6Si2. The molecular weight excluding hydrogens is 730 g/mol. The summed E-state index contributed by atoms with van der Waals surface area (Å²) in [5.41, 5.74) is -2.55. The van der Waals surface area contributed by atoms with Gasteiger partial charge in [-0.15, -0.1) is 10.2 Å². The number of carbonyl (C=O) groups excluding carboxylic acids is 2. The third-order valence-electron chi connectivity index (χ3n) is 15.2. The van der Waals surface area contributed by atoms with Gasteiger partial charge in [0.05, 0.1) is 11.2 Å². The summed E-state index contributed by atoms with van der Waals surface area (Å²) in [5, 5.41) is 6.66. The van der Waals surface area contributed by atoms with E-state index in [0.29, 0.717) is 29.4 Å². The Morgan fingerprint density at radius 1 is 0.889 bits per heavy atom. The number of benzene rings is 1. The number of alkyl halides is 3. The molecule has 4 aliphatic carbocycles. The fourth-order valence-electron chi connectivity index (χ4n) is 11.4. The summed E-state index contributed by atoms with van der Waals surface area (Å²) in [4.78, 5) is 26.7. The molecule has 0 amide bonds. The maximum atomic E-state index is 13.5. The minimum atomic E-state index is -4.68. The minimum Gasteiger partial charge on any atom is -0.455 e. The summed E-state index contributed by atoms with van der Waals surface area (Å²) in [6.07, 6.45) is 4.98.